The highest BCUT2D eigenvalue weighted by atomic mass is 16.5. The Morgan fingerprint density at radius 2 is 1.91 bits per heavy atom. The van der Waals surface area contributed by atoms with Crippen LogP contribution in [0, 0.1) is 6.92 Å². The van der Waals surface area contributed by atoms with Gasteiger partial charge in [0, 0.05) is 37.9 Å². The summed E-state index contributed by atoms with van der Waals surface area (Å²) >= 11 is 0. The fourth-order valence-corrected chi connectivity index (χ4v) is 3.13. The molecule has 0 aliphatic heterocycles. The lowest BCUT2D eigenvalue weighted by atomic mass is 10.1. The van der Waals surface area contributed by atoms with E-state index in [0.29, 0.717) is 38.5 Å². The molecule has 32 heavy (non-hydrogen) atoms. The van der Waals surface area contributed by atoms with Crippen molar-refractivity contribution in [1.29, 1.82) is 0 Å². The van der Waals surface area contributed by atoms with Crippen LogP contribution in [0.1, 0.15) is 40.9 Å². The summed E-state index contributed by atoms with van der Waals surface area (Å²) in [5.74, 6) is 1.51. The predicted molar refractivity (Wildman–Crippen MR) is 130 cm³/mol. The molecule has 7 heteroatoms. The standard InChI is InChI=1S/C25H36N4O3/c1-5-27-25(28-13-12-20-8-7-9-21(17-20)24(30)26-4)29-18-22-11-10-19(3)16-23(22)32-15-14-31-6-2/h7-11,16-17H,5-6,12-15,18H2,1-4H3,(H,26,30)(H2,27,28,29). The molecule has 0 saturated carbocycles. The van der Waals surface area contributed by atoms with Crippen LogP contribution in [0.15, 0.2) is 47.5 Å². The Hall–Kier alpha value is -3.06. The van der Waals surface area contributed by atoms with Crippen LogP contribution >= 0.6 is 0 Å². The largest absolute Gasteiger partial charge is 0.491 e. The smallest absolute Gasteiger partial charge is 0.251 e. The Bertz CT molecular complexity index is 883. The summed E-state index contributed by atoms with van der Waals surface area (Å²) in [6.07, 6.45) is 0.783. The fourth-order valence-electron chi connectivity index (χ4n) is 3.13. The minimum absolute atomic E-state index is 0.0768. The minimum Gasteiger partial charge on any atom is -0.491 e. The number of benzene rings is 2. The zero-order valence-electron chi connectivity index (χ0n) is 19.7. The lowest BCUT2D eigenvalue weighted by molar-refractivity contribution is 0.0963. The van der Waals surface area contributed by atoms with Gasteiger partial charge in [0.2, 0.25) is 0 Å². The number of nitrogens with zero attached hydrogens (tertiary/aromatic N) is 1. The Kier molecular flexibility index (Phi) is 11.1. The molecule has 174 valence electrons. The summed E-state index contributed by atoms with van der Waals surface area (Å²) in [4.78, 5) is 16.6. The molecule has 2 rings (SSSR count). The predicted octanol–water partition coefficient (Wildman–Crippen LogP) is 3.07. The third-order valence-corrected chi connectivity index (χ3v) is 4.79. The van der Waals surface area contributed by atoms with Crippen molar-refractivity contribution in [2.45, 2.75) is 33.7 Å². The number of guanidine groups is 1. The number of hydrogen-bond donors (Lipinski definition) is 3. The number of hydrogen-bond acceptors (Lipinski definition) is 4. The number of carbonyl (C=O) groups is 1. The number of amides is 1. The first-order valence-electron chi connectivity index (χ1n) is 11.2. The van der Waals surface area contributed by atoms with Crippen molar-refractivity contribution in [3.63, 3.8) is 0 Å². The molecule has 0 aliphatic carbocycles. The maximum atomic E-state index is 11.8. The van der Waals surface area contributed by atoms with Crippen molar-refractivity contribution in [2.24, 2.45) is 4.99 Å². The van der Waals surface area contributed by atoms with Gasteiger partial charge in [-0.3, -0.25) is 4.79 Å². The van der Waals surface area contributed by atoms with E-state index < -0.39 is 0 Å². The van der Waals surface area contributed by atoms with Crippen molar-refractivity contribution in [3.05, 3.63) is 64.7 Å². The molecule has 0 heterocycles. The molecule has 0 bridgehead atoms. The van der Waals surface area contributed by atoms with Crippen molar-refractivity contribution in [1.82, 2.24) is 16.0 Å². The summed E-state index contributed by atoms with van der Waals surface area (Å²) in [6, 6.07) is 13.8. The number of nitrogens with one attached hydrogen (secondary N) is 3. The third kappa shape index (κ3) is 8.59. The summed E-state index contributed by atoms with van der Waals surface area (Å²) in [5.41, 5.74) is 3.94. The van der Waals surface area contributed by atoms with E-state index in [4.69, 9.17) is 14.5 Å². The molecule has 0 fully saturated rings. The number of ether oxygens (including phenoxy) is 2. The average Bonchev–Trinajstić information content (AvgIpc) is 2.80. The second-order valence-electron chi connectivity index (χ2n) is 7.31. The van der Waals surface area contributed by atoms with Crippen molar-refractivity contribution < 1.29 is 14.3 Å². The Morgan fingerprint density at radius 3 is 2.66 bits per heavy atom. The van der Waals surface area contributed by atoms with E-state index in [1.165, 1.54) is 0 Å². The Balaban J connectivity index is 1.97. The molecule has 0 spiro atoms. The SMILES string of the molecule is CCNC(=NCc1ccc(C)cc1OCCOCC)NCCc1cccc(C(=O)NC)c1. The topological polar surface area (TPSA) is 84.0 Å². The van der Waals surface area contributed by atoms with Gasteiger partial charge in [0.05, 0.1) is 13.2 Å². The van der Waals surface area contributed by atoms with Gasteiger partial charge in [-0.15, -0.1) is 0 Å². The van der Waals surface area contributed by atoms with Crippen LogP contribution in [0.3, 0.4) is 0 Å². The van der Waals surface area contributed by atoms with Crippen molar-refractivity contribution in [2.75, 3.05) is 40.0 Å². The molecular formula is C25H36N4O3. The van der Waals surface area contributed by atoms with Gasteiger partial charge in [0.15, 0.2) is 5.96 Å². The first-order valence-corrected chi connectivity index (χ1v) is 11.2. The Morgan fingerprint density at radius 1 is 1.06 bits per heavy atom. The van der Waals surface area contributed by atoms with Crippen LogP contribution in [-0.4, -0.2) is 51.8 Å². The second kappa shape index (κ2) is 14.1. The highest BCUT2D eigenvalue weighted by Gasteiger charge is 2.07. The molecule has 0 aliphatic rings. The zero-order chi connectivity index (χ0) is 23.2. The Labute approximate surface area is 191 Å². The number of carbonyl (C=O) groups excluding carboxylic acids is 1. The summed E-state index contributed by atoms with van der Waals surface area (Å²) < 4.78 is 11.3. The van der Waals surface area contributed by atoms with Crippen molar-refractivity contribution in [3.8, 4) is 5.75 Å². The number of rotatable bonds is 12. The molecular weight excluding hydrogens is 404 g/mol. The van der Waals surface area contributed by atoms with Crippen LogP contribution in [0.4, 0.5) is 0 Å². The summed E-state index contributed by atoms with van der Waals surface area (Å²) in [7, 11) is 1.64. The lowest BCUT2D eigenvalue weighted by Crippen LogP contribution is -2.38. The monoisotopic (exact) mass is 440 g/mol. The average molecular weight is 441 g/mol. The van der Waals surface area contributed by atoms with Crippen LogP contribution in [-0.2, 0) is 17.7 Å². The third-order valence-electron chi connectivity index (χ3n) is 4.79. The molecule has 0 unspecified atom stereocenters. The maximum Gasteiger partial charge on any atom is 0.251 e. The molecule has 0 atom stereocenters. The molecule has 0 saturated heterocycles. The van der Waals surface area contributed by atoms with Gasteiger partial charge in [-0.05, 0) is 56.5 Å². The lowest BCUT2D eigenvalue weighted by Gasteiger charge is -2.14. The minimum atomic E-state index is -0.0768. The van der Waals surface area contributed by atoms with Crippen LogP contribution in [0.25, 0.3) is 0 Å². The second-order valence-corrected chi connectivity index (χ2v) is 7.31. The van der Waals surface area contributed by atoms with E-state index in [-0.39, 0.29) is 5.91 Å². The van der Waals surface area contributed by atoms with Gasteiger partial charge in [0.1, 0.15) is 12.4 Å². The first kappa shape index (κ1) is 25.2. The van der Waals surface area contributed by atoms with Crippen LogP contribution in [0.2, 0.25) is 0 Å². The molecule has 0 aromatic heterocycles. The highest BCUT2D eigenvalue weighted by Crippen LogP contribution is 2.21. The normalized spacial score (nSPS) is 11.2. The zero-order valence-corrected chi connectivity index (χ0v) is 19.7. The van der Waals surface area contributed by atoms with Gasteiger partial charge < -0.3 is 25.4 Å². The van der Waals surface area contributed by atoms with E-state index in [1.807, 2.05) is 51.1 Å². The molecule has 1 amide bonds. The molecule has 3 N–H and O–H groups in total. The van der Waals surface area contributed by atoms with E-state index >= 15 is 0 Å². The summed E-state index contributed by atoms with van der Waals surface area (Å²) in [6.45, 7) is 9.80. The first-order chi connectivity index (χ1) is 15.6. The molecule has 7 nitrogen and oxygen atoms in total. The molecule has 2 aromatic carbocycles. The van der Waals surface area contributed by atoms with E-state index in [0.717, 1.165) is 41.4 Å². The van der Waals surface area contributed by atoms with Gasteiger partial charge >= 0.3 is 0 Å². The summed E-state index contributed by atoms with van der Waals surface area (Å²) in [5, 5.41) is 9.31. The van der Waals surface area contributed by atoms with E-state index in [1.54, 1.807) is 7.05 Å². The fraction of sp³-hybridized carbons (Fsp3) is 0.440. The molecule has 0 radical (unpaired) electrons. The van der Waals surface area contributed by atoms with E-state index in [9.17, 15) is 4.79 Å². The number of aryl methyl sites for hydroxylation is 1. The van der Waals surface area contributed by atoms with Crippen LogP contribution in [0.5, 0.6) is 5.75 Å². The maximum absolute atomic E-state index is 11.8. The molecule has 2 aromatic rings. The van der Waals surface area contributed by atoms with E-state index in [2.05, 4.69) is 28.1 Å². The van der Waals surface area contributed by atoms with Gasteiger partial charge in [-0.2, -0.15) is 0 Å². The highest BCUT2D eigenvalue weighted by molar-refractivity contribution is 5.94. The van der Waals surface area contributed by atoms with Gasteiger partial charge in [-0.25, -0.2) is 4.99 Å². The van der Waals surface area contributed by atoms with Gasteiger partial charge in [-0.1, -0.05) is 24.3 Å². The van der Waals surface area contributed by atoms with Crippen LogP contribution < -0.4 is 20.7 Å². The number of aliphatic imine (C=N–C) groups is 1. The van der Waals surface area contributed by atoms with Gasteiger partial charge in [0.25, 0.3) is 5.91 Å². The van der Waals surface area contributed by atoms with Crippen molar-refractivity contribution >= 4 is 11.9 Å². The quantitative estimate of drug-likeness (QED) is 0.268.